The molecule has 1 aromatic heterocycles. The lowest BCUT2D eigenvalue weighted by Gasteiger charge is -2.26. The molecule has 0 bridgehead atoms. The molecule has 2 N–H and O–H groups in total. The fourth-order valence-electron chi connectivity index (χ4n) is 3.28. The Morgan fingerprint density at radius 1 is 1.21 bits per heavy atom. The summed E-state index contributed by atoms with van der Waals surface area (Å²) in [5.41, 5.74) is -3.48. The Bertz CT molecular complexity index is 1030. The second-order valence-electron chi connectivity index (χ2n) is 6.23. The zero-order chi connectivity index (χ0) is 21.9. The van der Waals surface area contributed by atoms with Crippen LogP contribution in [-0.4, -0.2) is 38.8 Å². The van der Waals surface area contributed by atoms with E-state index in [-0.39, 0.29) is 35.5 Å². The first-order valence-electron chi connectivity index (χ1n) is 8.70. The number of nitro benzene ring substituents is 1. The molecule has 0 fully saturated rings. The smallest absolute Gasteiger partial charge is 0.325 e. The molecule has 2 rings (SSSR count). The lowest BCUT2D eigenvalue weighted by molar-refractivity contribution is -0.384. The predicted molar refractivity (Wildman–Crippen MR) is 102 cm³/mol. The summed E-state index contributed by atoms with van der Waals surface area (Å²) < 4.78 is 6.19. The van der Waals surface area contributed by atoms with E-state index in [1.54, 1.807) is 6.92 Å². The SMILES string of the molecule is CCc1ccn(-c2ccc([N+](=O)[O-])cc2OC)c(=O)c1C(CC)(C(=O)O)C(=O)O. The standard InChI is InChI=1S/C19H20N2O8/c1-4-11-8-9-20(13-7-6-12(21(27)28)10-14(13)29-3)16(22)15(11)19(5-2,17(23)24)18(25)26/h6-10H,4-5H2,1-3H3,(H,23,24)(H,25,26). The summed E-state index contributed by atoms with van der Waals surface area (Å²) in [6.07, 6.45) is 1.25. The van der Waals surface area contributed by atoms with Crippen LogP contribution < -0.4 is 10.3 Å². The van der Waals surface area contributed by atoms with Crippen LogP contribution in [0, 0.1) is 10.1 Å². The van der Waals surface area contributed by atoms with Crippen LogP contribution in [0.4, 0.5) is 5.69 Å². The average molecular weight is 404 g/mol. The Morgan fingerprint density at radius 2 is 1.83 bits per heavy atom. The lowest BCUT2D eigenvalue weighted by Crippen LogP contribution is -2.48. The number of hydrogen-bond acceptors (Lipinski definition) is 6. The second-order valence-corrected chi connectivity index (χ2v) is 6.23. The van der Waals surface area contributed by atoms with Gasteiger partial charge in [0.05, 0.1) is 23.8 Å². The van der Waals surface area contributed by atoms with Crippen LogP contribution >= 0.6 is 0 Å². The molecule has 2 aromatic rings. The topological polar surface area (TPSA) is 149 Å². The number of nitrogens with zero attached hydrogens (tertiary/aromatic N) is 2. The quantitative estimate of drug-likeness (QED) is 0.386. The maximum atomic E-state index is 13.3. The van der Waals surface area contributed by atoms with Gasteiger partial charge in [0.15, 0.2) is 5.41 Å². The van der Waals surface area contributed by atoms with Gasteiger partial charge in [0, 0.05) is 17.8 Å². The second kappa shape index (κ2) is 8.13. The van der Waals surface area contributed by atoms with Crippen LogP contribution in [0.1, 0.15) is 31.4 Å². The molecule has 0 saturated carbocycles. The van der Waals surface area contributed by atoms with Gasteiger partial charge in [-0.05, 0) is 30.5 Å². The minimum absolute atomic E-state index is 0.00393. The number of ether oxygens (including phenoxy) is 1. The van der Waals surface area contributed by atoms with Crippen molar-refractivity contribution in [3.8, 4) is 11.4 Å². The van der Waals surface area contributed by atoms with Crippen molar-refractivity contribution in [2.75, 3.05) is 7.11 Å². The van der Waals surface area contributed by atoms with Gasteiger partial charge in [-0.3, -0.25) is 29.1 Å². The van der Waals surface area contributed by atoms with E-state index in [0.29, 0.717) is 5.56 Å². The van der Waals surface area contributed by atoms with E-state index >= 15 is 0 Å². The summed E-state index contributed by atoms with van der Waals surface area (Å²) >= 11 is 0. The fourth-order valence-corrected chi connectivity index (χ4v) is 3.28. The third-order valence-corrected chi connectivity index (χ3v) is 4.88. The van der Waals surface area contributed by atoms with Crippen LogP contribution in [0.3, 0.4) is 0 Å². The molecule has 0 radical (unpaired) electrons. The van der Waals surface area contributed by atoms with Crippen molar-refractivity contribution < 1.29 is 29.5 Å². The molecule has 1 aromatic carbocycles. The van der Waals surface area contributed by atoms with E-state index in [4.69, 9.17) is 4.74 Å². The summed E-state index contributed by atoms with van der Waals surface area (Å²) in [6, 6.07) is 5.03. The predicted octanol–water partition coefficient (Wildman–Crippen LogP) is 2.13. The van der Waals surface area contributed by atoms with Gasteiger partial charge in [0.1, 0.15) is 5.75 Å². The van der Waals surface area contributed by atoms with E-state index in [9.17, 15) is 34.7 Å². The number of nitro groups is 1. The van der Waals surface area contributed by atoms with Crippen molar-refractivity contribution in [1.29, 1.82) is 0 Å². The third kappa shape index (κ3) is 3.44. The summed E-state index contributed by atoms with van der Waals surface area (Å²) in [4.78, 5) is 47.6. The zero-order valence-electron chi connectivity index (χ0n) is 16.0. The Kier molecular flexibility index (Phi) is 6.06. The molecule has 0 aliphatic rings. The molecule has 29 heavy (non-hydrogen) atoms. The van der Waals surface area contributed by atoms with Gasteiger partial charge in [-0.25, -0.2) is 0 Å². The number of aliphatic carboxylic acids is 2. The van der Waals surface area contributed by atoms with E-state index < -0.39 is 27.8 Å². The molecular formula is C19H20N2O8. The molecule has 0 atom stereocenters. The van der Waals surface area contributed by atoms with Crippen molar-refractivity contribution in [3.63, 3.8) is 0 Å². The first-order chi connectivity index (χ1) is 13.6. The van der Waals surface area contributed by atoms with Gasteiger partial charge < -0.3 is 14.9 Å². The minimum Gasteiger partial charge on any atom is -0.494 e. The van der Waals surface area contributed by atoms with Crippen LogP contribution in [0.15, 0.2) is 35.3 Å². The van der Waals surface area contributed by atoms with Crippen LogP contribution in [-0.2, 0) is 21.4 Å². The number of benzene rings is 1. The minimum atomic E-state index is -2.43. The number of methoxy groups -OCH3 is 1. The molecule has 10 nitrogen and oxygen atoms in total. The first kappa shape index (κ1) is 21.6. The highest BCUT2D eigenvalue weighted by Crippen LogP contribution is 2.32. The van der Waals surface area contributed by atoms with Crippen LogP contribution in [0.2, 0.25) is 0 Å². The van der Waals surface area contributed by atoms with Crippen molar-refractivity contribution in [2.45, 2.75) is 32.1 Å². The Hall–Kier alpha value is -3.69. The van der Waals surface area contributed by atoms with Gasteiger partial charge in [-0.1, -0.05) is 13.8 Å². The maximum Gasteiger partial charge on any atom is 0.325 e. The molecule has 1 heterocycles. The summed E-state index contributed by atoms with van der Waals surface area (Å²) in [6.45, 7) is 3.06. The van der Waals surface area contributed by atoms with E-state index in [1.807, 2.05) is 0 Å². The molecule has 0 spiro atoms. The highest BCUT2D eigenvalue weighted by Gasteiger charge is 2.50. The van der Waals surface area contributed by atoms with Gasteiger partial charge in [-0.15, -0.1) is 0 Å². The van der Waals surface area contributed by atoms with Crippen molar-refractivity contribution >= 4 is 17.6 Å². The van der Waals surface area contributed by atoms with E-state index in [2.05, 4.69) is 0 Å². The molecular weight excluding hydrogens is 384 g/mol. The Balaban J connectivity index is 2.92. The molecule has 0 aliphatic heterocycles. The Morgan fingerprint density at radius 3 is 2.28 bits per heavy atom. The van der Waals surface area contributed by atoms with Crippen LogP contribution in [0.25, 0.3) is 5.69 Å². The number of aromatic nitrogens is 1. The molecule has 0 amide bonds. The number of carboxylic acids is 2. The highest BCUT2D eigenvalue weighted by molar-refractivity contribution is 6.05. The normalized spacial score (nSPS) is 11.1. The summed E-state index contributed by atoms with van der Waals surface area (Å²) in [5, 5.41) is 30.4. The van der Waals surface area contributed by atoms with Crippen molar-refractivity contribution in [1.82, 2.24) is 4.57 Å². The monoisotopic (exact) mass is 404 g/mol. The average Bonchev–Trinajstić information content (AvgIpc) is 2.68. The number of pyridine rings is 1. The van der Waals surface area contributed by atoms with E-state index in [0.717, 1.165) is 10.6 Å². The number of hydrogen-bond donors (Lipinski definition) is 2. The maximum absolute atomic E-state index is 13.3. The molecule has 10 heteroatoms. The van der Waals surface area contributed by atoms with Gasteiger partial charge >= 0.3 is 11.9 Å². The fraction of sp³-hybridized carbons (Fsp3) is 0.316. The first-order valence-corrected chi connectivity index (χ1v) is 8.70. The van der Waals surface area contributed by atoms with Crippen molar-refractivity contribution in [3.05, 3.63) is 62.1 Å². The lowest BCUT2D eigenvalue weighted by atomic mass is 9.76. The largest absolute Gasteiger partial charge is 0.494 e. The molecule has 154 valence electrons. The number of carbonyl (C=O) groups is 2. The number of carboxylic acid groups (broad SMARTS) is 2. The number of aryl methyl sites for hydroxylation is 1. The van der Waals surface area contributed by atoms with Crippen LogP contribution in [0.5, 0.6) is 5.75 Å². The number of rotatable bonds is 8. The zero-order valence-corrected chi connectivity index (χ0v) is 16.0. The van der Waals surface area contributed by atoms with Gasteiger partial charge in [-0.2, -0.15) is 0 Å². The Labute approximate surface area is 165 Å². The van der Waals surface area contributed by atoms with Gasteiger partial charge in [0.2, 0.25) is 0 Å². The molecule has 0 saturated heterocycles. The van der Waals surface area contributed by atoms with Crippen molar-refractivity contribution in [2.24, 2.45) is 0 Å². The van der Waals surface area contributed by atoms with E-state index in [1.165, 1.54) is 38.4 Å². The third-order valence-electron chi connectivity index (χ3n) is 4.88. The molecule has 0 aliphatic carbocycles. The molecule has 0 unspecified atom stereocenters. The van der Waals surface area contributed by atoms with Gasteiger partial charge in [0.25, 0.3) is 11.2 Å². The summed E-state index contributed by atoms with van der Waals surface area (Å²) in [7, 11) is 1.26. The summed E-state index contributed by atoms with van der Waals surface area (Å²) in [5.74, 6) is -3.29. The number of non-ortho nitro benzene ring substituents is 1. The highest BCUT2D eigenvalue weighted by atomic mass is 16.6.